The lowest BCUT2D eigenvalue weighted by Gasteiger charge is -2.22. The number of aliphatic carboxylic acids is 1. The van der Waals surface area contributed by atoms with Crippen LogP contribution in [0.5, 0.6) is 0 Å². The molecule has 1 unspecified atom stereocenters. The zero-order chi connectivity index (χ0) is 11.8. The Hall–Kier alpha value is -1.12. The lowest BCUT2D eigenvalue weighted by molar-refractivity contribution is -0.141. The summed E-state index contributed by atoms with van der Waals surface area (Å²) in [5.41, 5.74) is 0. The van der Waals surface area contributed by atoms with Crippen molar-refractivity contribution < 1.29 is 9.90 Å². The average molecular weight is 213 g/mol. The van der Waals surface area contributed by atoms with Gasteiger partial charge in [-0.25, -0.2) is 0 Å². The van der Waals surface area contributed by atoms with Crippen molar-refractivity contribution in [1.82, 2.24) is 9.80 Å². The maximum Gasteiger partial charge on any atom is 0.307 e. The van der Waals surface area contributed by atoms with E-state index in [0.717, 1.165) is 13.1 Å². The lowest BCUT2D eigenvalue weighted by Crippen LogP contribution is -2.36. The summed E-state index contributed by atoms with van der Waals surface area (Å²) < 4.78 is 0. The molecule has 0 aromatic rings. The van der Waals surface area contributed by atoms with Gasteiger partial charge in [-0.05, 0) is 14.1 Å². The first kappa shape index (κ1) is 13.9. The second-order valence-corrected chi connectivity index (χ2v) is 3.94. The van der Waals surface area contributed by atoms with Crippen LogP contribution in [0.3, 0.4) is 0 Å². The second kappa shape index (κ2) is 7.21. The number of carboxylic acid groups (broad SMARTS) is 1. The van der Waals surface area contributed by atoms with Gasteiger partial charge in [0.15, 0.2) is 0 Å². The van der Waals surface area contributed by atoms with Gasteiger partial charge in [0, 0.05) is 19.6 Å². The van der Waals surface area contributed by atoms with Crippen molar-refractivity contribution in [3.63, 3.8) is 0 Å². The smallest absolute Gasteiger partial charge is 0.307 e. The third kappa shape index (κ3) is 6.89. The van der Waals surface area contributed by atoms with Gasteiger partial charge in [0.1, 0.15) is 0 Å². The minimum atomic E-state index is -0.817. The molecule has 0 aromatic heterocycles. The predicted molar refractivity (Wildman–Crippen MR) is 57.4 cm³/mol. The van der Waals surface area contributed by atoms with Crippen LogP contribution in [0.15, 0.2) is 0 Å². The molecule has 86 valence electrons. The van der Waals surface area contributed by atoms with E-state index in [2.05, 4.69) is 6.07 Å². The molecule has 0 aliphatic carbocycles. The molecule has 5 heteroatoms. The van der Waals surface area contributed by atoms with Crippen LogP contribution in [0.25, 0.3) is 0 Å². The van der Waals surface area contributed by atoms with Crippen molar-refractivity contribution in [3.8, 4) is 6.07 Å². The molecule has 0 aromatic carbocycles. The average Bonchev–Trinajstić information content (AvgIpc) is 2.14. The molecule has 0 saturated heterocycles. The summed E-state index contributed by atoms with van der Waals surface area (Å²) in [6.07, 6.45) is 0. The van der Waals surface area contributed by atoms with E-state index in [1.807, 2.05) is 23.9 Å². The normalized spacial score (nSPS) is 12.8. The van der Waals surface area contributed by atoms with Crippen molar-refractivity contribution in [1.29, 1.82) is 5.26 Å². The first-order chi connectivity index (χ1) is 6.97. The van der Waals surface area contributed by atoms with E-state index < -0.39 is 11.9 Å². The van der Waals surface area contributed by atoms with Gasteiger partial charge in [-0.2, -0.15) is 5.26 Å². The van der Waals surface area contributed by atoms with Crippen molar-refractivity contribution in [2.75, 3.05) is 40.3 Å². The Morgan fingerprint density at radius 3 is 2.47 bits per heavy atom. The molecule has 0 saturated carbocycles. The predicted octanol–water partition coefficient (Wildman–Crippen LogP) is 0.0943. The van der Waals surface area contributed by atoms with Gasteiger partial charge in [-0.3, -0.25) is 9.69 Å². The molecule has 0 radical (unpaired) electrons. The molecule has 0 spiro atoms. The molecule has 0 heterocycles. The van der Waals surface area contributed by atoms with Gasteiger partial charge in [0.2, 0.25) is 0 Å². The number of hydrogen-bond acceptors (Lipinski definition) is 4. The van der Waals surface area contributed by atoms with Gasteiger partial charge < -0.3 is 10.0 Å². The number of likely N-dealkylation sites (N-methyl/N-ethyl adjacent to an activating group) is 1. The lowest BCUT2D eigenvalue weighted by atomic mass is 10.1. The minimum absolute atomic E-state index is 0.283. The Morgan fingerprint density at radius 2 is 2.07 bits per heavy atom. The molecule has 0 fully saturated rings. The number of nitrogens with zero attached hydrogens (tertiary/aromatic N) is 3. The highest BCUT2D eigenvalue weighted by molar-refractivity contribution is 5.69. The van der Waals surface area contributed by atoms with Crippen molar-refractivity contribution in [2.24, 2.45) is 5.92 Å². The highest BCUT2D eigenvalue weighted by Gasteiger charge is 2.15. The van der Waals surface area contributed by atoms with Crippen LogP contribution in [0.2, 0.25) is 0 Å². The molecule has 1 atom stereocenters. The third-order valence-electron chi connectivity index (χ3n) is 2.11. The Balaban J connectivity index is 4.04. The number of nitriles is 1. The highest BCUT2D eigenvalue weighted by Crippen LogP contribution is 1.99. The summed E-state index contributed by atoms with van der Waals surface area (Å²) in [6.45, 7) is 3.91. The van der Waals surface area contributed by atoms with Crippen molar-refractivity contribution >= 4 is 5.97 Å². The Kier molecular flexibility index (Phi) is 6.67. The maximum absolute atomic E-state index is 10.7. The van der Waals surface area contributed by atoms with E-state index in [1.54, 1.807) is 6.92 Å². The molecule has 15 heavy (non-hydrogen) atoms. The summed E-state index contributed by atoms with van der Waals surface area (Å²) in [7, 11) is 3.90. The largest absolute Gasteiger partial charge is 0.481 e. The molecular formula is C10H19N3O2. The minimum Gasteiger partial charge on any atom is -0.481 e. The Labute approximate surface area is 90.9 Å². The first-order valence-electron chi connectivity index (χ1n) is 4.94. The van der Waals surface area contributed by atoms with Crippen LogP contribution in [0, 0.1) is 17.2 Å². The van der Waals surface area contributed by atoms with E-state index in [4.69, 9.17) is 10.4 Å². The van der Waals surface area contributed by atoms with Crippen molar-refractivity contribution in [2.45, 2.75) is 6.92 Å². The number of carboxylic acids is 1. The van der Waals surface area contributed by atoms with Gasteiger partial charge in [0.25, 0.3) is 0 Å². The summed E-state index contributed by atoms with van der Waals surface area (Å²) >= 11 is 0. The maximum atomic E-state index is 10.7. The summed E-state index contributed by atoms with van der Waals surface area (Å²) in [5.74, 6) is -1.25. The highest BCUT2D eigenvalue weighted by atomic mass is 16.4. The fourth-order valence-electron chi connectivity index (χ4n) is 1.14. The van der Waals surface area contributed by atoms with Gasteiger partial charge in [-0.15, -0.1) is 0 Å². The molecule has 0 aliphatic heterocycles. The van der Waals surface area contributed by atoms with Crippen LogP contribution in [0.4, 0.5) is 0 Å². The van der Waals surface area contributed by atoms with Gasteiger partial charge >= 0.3 is 5.97 Å². The van der Waals surface area contributed by atoms with Crippen LogP contribution in [-0.2, 0) is 4.79 Å². The van der Waals surface area contributed by atoms with Gasteiger partial charge in [0.05, 0.1) is 18.5 Å². The van der Waals surface area contributed by atoms with E-state index in [9.17, 15) is 4.79 Å². The fourth-order valence-corrected chi connectivity index (χ4v) is 1.14. The summed E-state index contributed by atoms with van der Waals surface area (Å²) in [4.78, 5) is 14.5. The first-order valence-corrected chi connectivity index (χ1v) is 4.94. The zero-order valence-corrected chi connectivity index (χ0v) is 9.60. The second-order valence-electron chi connectivity index (χ2n) is 3.94. The Bertz CT molecular complexity index is 235. The van der Waals surface area contributed by atoms with Crippen molar-refractivity contribution in [3.05, 3.63) is 0 Å². The topological polar surface area (TPSA) is 67.6 Å². The molecule has 5 nitrogen and oxygen atoms in total. The Morgan fingerprint density at radius 1 is 1.47 bits per heavy atom. The SMILES string of the molecule is CC(CN(CC#N)CCN(C)C)C(=O)O. The molecule has 0 amide bonds. The number of hydrogen-bond donors (Lipinski definition) is 1. The number of carbonyl (C=O) groups is 1. The van der Waals surface area contributed by atoms with Crippen LogP contribution < -0.4 is 0 Å². The molecular weight excluding hydrogens is 194 g/mol. The van der Waals surface area contributed by atoms with Crippen LogP contribution >= 0.6 is 0 Å². The van der Waals surface area contributed by atoms with Gasteiger partial charge in [-0.1, -0.05) is 6.92 Å². The van der Waals surface area contributed by atoms with E-state index in [1.165, 1.54) is 0 Å². The molecule has 0 rings (SSSR count). The zero-order valence-electron chi connectivity index (χ0n) is 9.60. The summed E-state index contributed by atoms with van der Waals surface area (Å²) in [6, 6.07) is 2.05. The molecule has 0 bridgehead atoms. The fraction of sp³-hybridized carbons (Fsp3) is 0.800. The van der Waals surface area contributed by atoms with Crippen LogP contribution in [0.1, 0.15) is 6.92 Å². The summed E-state index contributed by atoms with van der Waals surface area (Å²) in [5, 5.41) is 17.4. The molecule has 1 N–H and O–H groups in total. The number of rotatable bonds is 7. The van der Waals surface area contributed by atoms with Crippen LogP contribution in [-0.4, -0.2) is 61.2 Å². The molecule has 0 aliphatic rings. The monoisotopic (exact) mass is 213 g/mol. The standard InChI is InChI=1S/C10H19N3O2/c1-9(10(14)15)8-13(5-4-11)7-6-12(2)3/h9H,5-8H2,1-3H3,(H,14,15). The van der Waals surface area contributed by atoms with E-state index in [0.29, 0.717) is 6.54 Å². The quantitative estimate of drug-likeness (QED) is 0.607. The van der Waals surface area contributed by atoms with E-state index in [-0.39, 0.29) is 6.54 Å². The third-order valence-corrected chi connectivity index (χ3v) is 2.11. The van der Waals surface area contributed by atoms with E-state index >= 15 is 0 Å².